The third-order valence-electron chi connectivity index (χ3n) is 15.7. The molecule has 0 saturated carbocycles. The molecule has 75 heavy (non-hydrogen) atoms. The summed E-state index contributed by atoms with van der Waals surface area (Å²) in [5, 5.41) is 10.5. The molecule has 366 valence electrons. The van der Waals surface area contributed by atoms with Crippen molar-refractivity contribution >= 4 is 43.1 Å². The van der Waals surface area contributed by atoms with Crippen LogP contribution in [0.25, 0.3) is 87.6 Å². The van der Waals surface area contributed by atoms with Crippen molar-refractivity contribution in [2.24, 2.45) is 0 Å². The fraction of sp³-hybridized carbons (Fsp3) is 0.147. The molecular formula is C75H66. The SMILES string of the molecule is CC.CC1(C)c2cc(-c3ccc4ccccc4c3)ccc2-c2c1c1ccccc1c1ccccc21.CCC.Cc1ccc(C2(c3ccc(C)cc3)c3ccccc3-c3c(-c4ccc5ccccc5c4)cccc32)cc1. The van der Waals surface area contributed by atoms with E-state index in [9.17, 15) is 0 Å². The molecule has 0 heteroatoms. The van der Waals surface area contributed by atoms with E-state index in [4.69, 9.17) is 0 Å². The second kappa shape index (κ2) is 20.2. The first-order valence-corrected chi connectivity index (χ1v) is 27.2. The Morgan fingerprint density at radius 3 is 1.36 bits per heavy atom. The van der Waals surface area contributed by atoms with Crippen LogP contribution in [0.2, 0.25) is 0 Å². The molecule has 0 fully saturated rings. The number of rotatable bonds is 4. The molecule has 12 aromatic rings. The van der Waals surface area contributed by atoms with E-state index in [-0.39, 0.29) is 10.8 Å². The first-order chi connectivity index (χ1) is 36.7. The highest BCUT2D eigenvalue weighted by Crippen LogP contribution is 2.59. The molecule has 0 nitrogen and oxygen atoms in total. The van der Waals surface area contributed by atoms with Gasteiger partial charge in [0, 0.05) is 5.41 Å². The summed E-state index contributed by atoms with van der Waals surface area (Å²) in [4.78, 5) is 0. The van der Waals surface area contributed by atoms with Crippen LogP contribution in [-0.2, 0) is 10.8 Å². The molecule has 0 unspecified atom stereocenters. The van der Waals surface area contributed by atoms with Crippen LogP contribution < -0.4 is 0 Å². The van der Waals surface area contributed by atoms with E-state index >= 15 is 0 Å². The minimum Gasteiger partial charge on any atom is -0.0683 e. The van der Waals surface area contributed by atoms with Gasteiger partial charge in [-0.25, -0.2) is 0 Å². The van der Waals surface area contributed by atoms with E-state index in [1.165, 1.54) is 139 Å². The lowest BCUT2D eigenvalue weighted by molar-refractivity contribution is 0.667. The Kier molecular flexibility index (Phi) is 13.2. The predicted molar refractivity (Wildman–Crippen MR) is 325 cm³/mol. The first-order valence-electron chi connectivity index (χ1n) is 27.2. The van der Waals surface area contributed by atoms with Gasteiger partial charge in [0.05, 0.1) is 5.41 Å². The van der Waals surface area contributed by atoms with Crippen molar-refractivity contribution in [2.45, 2.75) is 72.6 Å². The number of aryl methyl sites for hydroxylation is 2. The van der Waals surface area contributed by atoms with Crippen LogP contribution in [0, 0.1) is 13.8 Å². The van der Waals surface area contributed by atoms with E-state index in [1.807, 2.05) is 13.8 Å². The Morgan fingerprint density at radius 2 is 0.747 bits per heavy atom. The van der Waals surface area contributed by atoms with Gasteiger partial charge < -0.3 is 0 Å². The van der Waals surface area contributed by atoms with Crippen LogP contribution in [0.4, 0.5) is 0 Å². The normalized spacial score (nSPS) is 13.1. The highest BCUT2D eigenvalue weighted by Gasteiger charge is 2.47. The highest BCUT2D eigenvalue weighted by molar-refractivity contribution is 6.18. The van der Waals surface area contributed by atoms with Crippen molar-refractivity contribution in [3.8, 4) is 44.5 Å². The lowest BCUT2D eigenvalue weighted by Crippen LogP contribution is -2.28. The molecule has 0 N–H and O–H groups in total. The summed E-state index contributed by atoms with van der Waals surface area (Å²) in [6, 6.07) is 90.0. The summed E-state index contributed by atoms with van der Waals surface area (Å²) in [6.45, 7) is 17.4. The summed E-state index contributed by atoms with van der Waals surface area (Å²) in [6.07, 6.45) is 1.25. The molecule has 2 aliphatic carbocycles. The molecule has 0 saturated heterocycles. The molecule has 0 bridgehead atoms. The molecule has 0 aromatic heterocycles. The van der Waals surface area contributed by atoms with Gasteiger partial charge in [-0.1, -0.05) is 284 Å². The van der Waals surface area contributed by atoms with Gasteiger partial charge in [-0.05, 0) is 153 Å². The van der Waals surface area contributed by atoms with Crippen molar-refractivity contribution in [2.75, 3.05) is 0 Å². The minimum atomic E-state index is -0.375. The van der Waals surface area contributed by atoms with Gasteiger partial charge >= 0.3 is 0 Å². The van der Waals surface area contributed by atoms with E-state index < -0.39 is 0 Å². The maximum absolute atomic E-state index is 2.43. The molecular weight excluding hydrogens is 901 g/mol. The fourth-order valence-corrected chi connectivity index (χ4v) is 12.4. The van der Waals surface area contributed by atoms with Crippen molar-refractivity contribution < 1.29 is 0 Å². The van der Waals surface area contributed by atoms with Gasteiger partial charge in [-0.3, -0.25) is 0 Å². The zero-order valence-corrected chi connectivity index (χ0v) is 44.8. The number of hydrogen-bond acceptors (Lipinski definition) is 0. The standard InChI is InChI=1S/C37H28.C33H24.C3H8.C2H6/c1-25-14-20-30(21-15-25)37(31-22-16-26(2)17-23-31)34-12-6-5-10-33(34)36-32(11-7-13-35(36)37)29-19-18-27-8-3-4-9-28(27)24-29;1-33(2)30-20-24(23-16-15-21-9-3-4-10-22(21)19-23)17-18-29(30)31-27-13-7-5-11-25(27)26-12-6-8-14-28(26)32(31)33;1-3-2;1-2/h3-24H,1-2H3;3-20H,1-2H3;3H2,1-2H3;1-2H3. The Labute approximate surface area is 445 Å². The molecule has 14 rings (SSSR count). The molecule has 0 spiro atoms. The minimum absolute atomic E-state index is 0.0683. The van der Waals surface area contributed by atoms with Gasteiger partial charge in [-0.2, -0.15) is 0 Å². The largest absolute Gasteiger partial charge is 0.0713 e. The third-order valence-corrected chi connectivity index (χ3v) is 15.7. The fourth-order valence-electron chi connectivity index (χ4n) is 12.4. The van der Waals surface area contributed by atoms with Gasteiger partial charge in [-0.15, -0.1) is 0 Å². The molecule has 0 amide bonds. The summed E-state index contributed by atoms with van der Waals surface area (Å²) in [5.74, 6) is 0. The van der Waals surface area contributed by atoms with E-state index in [0.717, 1.165) is 0 Å². The number of benzene rings is 12. The van der Waals surface area contributed by atoms with Crippen molar-refractivity contribution in [1.29, 1.82) is 0 Å². The van der Waals surface area contributed by atoms with Crippen LogP contribution in [0.5, 0.6) is 0 Å². The summed E-state index contributed by atoms with van der Waals surface area (Å²) in [5.41, 5.74) is 20.9. The number of fused-ring (bicyclic) bond motifs is 13. The Hall–Kier alpha value is -8.32. The van der Waals surface area contributed by atoms with Crippen molar-refractivity contribution in [3.05, 3.63) is 287 Å². The van der Waals surface area contributed by atoms with Crippen molar-refractivity contribution in [1.82, 2.24) is 0 Å². The topological polar surface area (TPSA) is 0 Å². The van der Waals surface area contributed by atoms with Gasteiger partial charge in [0.2, 0.25) is 0 Å². The first kappa shape index (κ1) is 48.9. The quantitative estimate of drug-likeness (QED) is 0.154. The van der Waals surface area contributed by atoms with Crippen LogP contribution in [0.3, 0.4) is 0 Å². The summed E-state index contributed by atoms with van der Waals surface area (Å²) < 4.78 is 0. The van der Waals surface area contributed by atoms with Crippen LogP contribution in [-0.4, -0.2) is 0 Å². The smallest absolute Gasteiger partial charge is 0.0683 e. The molecule has 0 heterocycles. The van der Waals surface area contributed by atoms with Crippen LogP contribution in [0.1, 0.15) is 92.5 Å². The maximum atomic E-state index is 2.43. The van der Waals surface area contributed by atoms with E-state index in [2.05, 4.69) is 284 Å². The lowest BCUT2D eigenvalue weighted by atomic mass is 9.67. The predicted octanol–water partition coefficient (Wildman–Crippen LogP) is 21.0. The maximum Gasteiger partial charge on any atom is 0.0713 e. The summed E-state index contributed by atoms with van der Waals surface area (Å²) >= 11 is 0. The average molecular weight is 967 g/mol. The average Bonchev–Trinajstić information content (AvgIpc) is 3.95. The van der Waals surface area contributed by atoms with Gasteiger partial charge in [0.15, 0.2) is 0 Å². The molecule has 12 aromatic carbocycles. The monoisotopic (exact) mass is 967 g/mol. The molecule has 0 aliphatic heterocycles. The highest BCUT2D eigenvalue weighted by atomic mass is 14.5. The Balaban J connectivity index is 0.000000149. The number of hydrogen-bond donors (Lipinski definition) is 0. The third kappa shape index (κ3) is 8.25. The lowest BCUT2D eigenvalue weighted by Gasteiger charge is -2.34. The molecule has 0 radical (unpaired) electrons. The Morgan fingerprint density at radius 1 is 0.320 bits per heavy atom. The molecule has 2 aliphatic rings. The second-order valence-corrected chi connectivity index (χ2v) is 20.8. The molecule has 0 atom stereocenters. The van der Waals surface area contributed by atoms with Crippen LogP contribution in [0.15, 0.2) is 243 Å². The van der Waals surface area contributed by atoms with E-state index in [1.54, 1.807) is 0 Å². The van der Waals surface area contributed by atoms with E-state index in [0.29, 0.717) is 0 Å². The summed E-state index contributed by atoms with van der Waals surface area (Å²) in [7, 11) is 0. The Bertz CT molecular complexity index is 4010. The van der Waals surface area contributed by atoms with Gasteiger partial charge in [0.25, 0.3) is 0 Å². The van der Waals surface area contributed by atoms with Gasteiger partial charge in [0.1, 0.15) is 0 Å². The zero-order valence-electron chi connectivity index (χ0n) is 44.8. The van der Waals surface area contributed by atoms with Crippen LogP contribution >= 0.6 is 0 Å². The zero-order chi connectivity index (χ0) is 51.8. The van der Waals surface area contributed by atoms with Crippen molar-refractivity contribution in [3.63, 3.8) is 0 Å². The second-order valence-electron chi connectivity index (χ2n) is 20.8.